The summed E-state index contributed by atoms with van der Waals surface area (Å²) in [6.07, 6.45) is 0. The van der Waals surface area contributed by atoms with E-state index in [2.05, 4.69) is 59.2 Å². The summed E-state index contributed by atoms with van der Waals surface area (Å²) in [7, 11) is 2.21. The van der Waals surface area contributed by atoms with Crippen LogP contribution in [0.15, 0.2) is 0 Å². The van der Waals surface area contributed by atoms with Gasteiger partial charge in [-0.3, -0.25) is 0 Å². The van der Waals surface area contributed by atoms with Crippen molar-refractivity contribution in [2.45, 2.75) is 34.6 Å². The van der Waals surface area contributed by atoms with Gasteiger partial charge in [0.15, 0.2) is 0 Å². The van der Waals surface area contributed by atoms with Crippen LogP contribution in [-0.4, -0.2) is 30.8 Å². The minimum atomic E-state index is 0.368. The minimum absolute atomic E-state index is 0.368. The van der Waals surface area contributed by atoms with Crippen LogP contribution in [0.5, 0.6) is 0 Å². The Hall–Kier alpha value is 0.310. The first kappa shape index (κ1) is 14.3. The van der Waals surface area contributed by atoms with Crippen molar-refractivity contribution in [3.05, 3.63) is 0 Å². The summed E-state index contributed by atoms with van der Waals surface area (Å²) in [5.74, 6) is 2.40. The molecule has 0 heterocycles. The maximum absolute atomic E-state index is 4.45. The molecular weight excluding hydrogens is 190 g/mol. The van der Waals surface area contributed by atoms with Gasteiger partial charge in [0.2, 0.25) is 0 Å². The van der Waals surface area contributed by atoms with Crippen molar-refractivity contribution in [1.82, 2.24) is 4.90 Å². The predicted octanol–water partition coefficient (Wildman–Crippen LogP) is 3.17. The average molecular weight is 217 g/mol. The van der Waals surface area contributed by atoms with Gasteiger partial charge in [-0.1, -0.05) is 34.6 Å². The molecule has 0 bridgehead atoms. The highest BCUT2D eigenvalue weighted by Gasteiger charge is 2.24. The molecule has 0 spiro atoms. The van der Waals surface area contributed by atoms with Gasteiger partial charge in [-0.25, -0.2) is 0 Å². The lowest BCUT2D eigenvalue weighted by molar-refractivity contribution is 0.176. The molecule has 0 aromatic carbocycles. The van der Waals surface area contributed by atoms with Crippen LogP contribution < -0.4 is 0 Å². The standard InChI is InChI=1S/C12H27NS/c1-10(2)7-13(6)8-11(9-14)12(3,4)5/h10-11,14H,7-9H2,1-6H3. The summed E-state index contributed by atoms with van der Waals surface area (Å²) < 4.78 is 0. The lowest BCUT2D eigenvalue weighted by Crippen LogP contribution is -2.36. The van der Waals surface area contributed by atoms with Gasteiger partial charge in [-0.2, -0.15) is 12.6 Å². The smallest absolute Gasteiger partial charge is 0.00195 e. The molecule has 14 heavy (non-hydrogen) atoms. The van der Waals surface area contributed by atoms with Crippen LogP contribution in [0.2, 0.25) is 0 Å². The maximum atomic E-state index is 4.45. The molecule has 0 aliphatic heterocycles. The SMILES string of the molecule is CC(C)CN(C)CC(CS)C(C)(C)C. The van der Waals surface area contributed by atoms with Crippen LogP contribution >= 0.6 is 12.6 Å². The van der Waals surface area contributed by atoms with E-state index in [4.69, 9.17) is 0 Å². The molecule has 1 unspecified atom stereocenters. The predicted molar refractivity (Wildman–Crippen MR) is 69.1 cm³/mol. The number of hydrogen-bond acceptors (Lipinski definition) is 2. The molecule has 0 amide bonds. The first-order valence-electron chi connectivity index (χ1n) is 5.56. The molecule has 1 atom stereocenters. The van der Waals surface area contributed by atoms with Crippen molar-refractivity contribution in [2.24, 2.45) is 17.3 Å². The summed E-state index contributed by atoms with van der Waals surface area (Å²) in [5, 5.41) is 0. The first-order chi connectivity index (χ1) is 6.27. The van der Waals surface area contributed by atoms with Gasteiger partial charge in [0.05, 0.1) is 0 Å². The Bertz CT molecular complexity index is 149. The lowest BCUT2D eigenvalue weighted by atomic mass is 9.81. The van der Waals surface area contributed by atoms with Crippen LogP contribution in [0.3, 0.4) is 0 Å². The van der Waals surface area contributed by atoms with E-state index in [0.29, 0.717) is 11.3 Å². The number of hydrogen-bond donors (Lipinski definition) is 1. The molecule has 0 aromatic rings. The van der Waals surface area contributed by atoms with E-state index in [1.54, 1.807) is 0 Å². The second kappa shape index (κ2) is 6.02. The zero-order chi connectivity index (χ0) is 11.4. The van der Waals surface area contributed by atoms with Crippen molar-refractivity contribution in [3.8, 4) is 0 Å². The van der Waals surface area contributed by atoms with Gasteiger partial charge >= 0.3 is 0 Å². The molecule has 1 nitrogen and oxygen atoms in total. The van der Waals surface area contributed by atoms with E-state index >= 15 is 0 Å². The van der Waals surface area contributed by atoms with Crippen LogP contribution in [-0.2, 0) is 0 Å². The van der Waals surface area contributed by atoms with Crippen LogP contribution in [0.1, 0.15) is 34.6 Å². The van der Waals surface area contributed by atoms with Crippen molar-refractivity contribution in [2.75, 3.05) is 25.9 Å². The van der Waals surface area contributed by atoms with E-state index in [1.165, 1.54) is 6.54 Å². The molecule has 0 fully saturated rings. The Morgan fingerprint density at radius 1 is 1.14 bits per heavy atom. The third-order valence-corrected chi connectivity index (χ3v) is 3.09. The van der Waals surface area contributed by atoms with Crippen LogP contribution in [0.25, 0.3) is 0 Å². The Balaban J connectivity index is 4.06. The monoisotopic (exact) mass is 217 g/mol. The quantitative estimate of drug-likeness (QED) is 0.692. The third kappa shape index (κ3) is 5.92. The fraction of sp³-hybridized carbons (Fsp3) is 1.00. The first-order valence-corrected chi connectivity index (χ1v) is 6.20. The van der Waals surface area contributed by atoms with Crippen molar-refractivity contribution < 1.29 is 0 Å². The third-order valence-electron chi connectivity index (χ3n) is 2.65. The fourth-order valence-corrected chi connectivity index (χ4v) is 2.34. The molecule has 0 rings (SSSR count). The normalized spacial score (nSPS) is 15.2. The summed E-state index contributed by atoms with van der Waals surface area (Å²) in [6.45, 7) is 13.8. The van der Waals surface area contributed by atoms with Crippen LogP contribution in [0.4, 0.5) is 0 Å². The highest BCUT2D eigenvalue weighted by Crippen LogP contribution is 2.27. The maximum Gasteiger partial charge on any atom is 0.00195 e. The Morgan fingerprint density at radius 3 is 1.93 bits per heavy atom. The second-order valence-corrected chi connectivity index (χ2v) is 6.23. The largest absolute Gasteiger partial charge is 0.306 e. The number of rotatable bonds is 5. The van der Waals surface area contributed by atoms with Crippen molar-refractivity contribution >= 4 is 12.6 Å². The Morgan fingerprint density at radius 2 is 1.64 bits per heavy atom. The van der Waals surface area contributed by atoms with E-state index in [-0.39, 0.29) is 0 Å². The van der Waals surface area contributed by atoms with Gasteiger partial charge < -0.3 is 4.90 Å². The molecule has 0 radical (unpaired) electrons. The van der Waals surface area contributed by atoms with Gasteiger partial charge in [0.25, 0.3) is 0 Å². The highest BCUT2D eigenvalue weighted by molar-refractivity contribution is 7.80. The van der Waals surface area contributed by atoms with E-state index in [1.807, 2.05) is 0 Å². The van der Waals surface area contributed by atoms with Crippen molar-refractivity contribution in [1.29, 1.82) is 0 Å². The van der Waals surface area contributed by atoms with E-state index in [9.17, 15) is 0 Å². The molecule has 0 N–H and O–H groups in total. The van der Waals surface area contributed by atoms with Gasteiger partial charge in [0, 0.05) is 13.1 Å². The van der Waals surface area contributed by atoms with Gasteiger partial charge in [-0.15, -0.1) is 0 Å². The van der Waals surface area contributed by atoms with Crippen LogP contribution in [0, 0.1) is 17.3 Å². The summed E-state index contributed by atoms with van der Waals surface area (Å²) in [5.41, 5.74) is 0.368. The Kier molecular flexibility index (Phi) is 6.15. The Labute approximate surface area is 95.7 Å². The molecule has 0 saturated carbocycles. The molecule has 0 aliphatic carbocycles. The molecule has 86 valence electrons. The fourth-order valence-electron chi connectivity index (χ4n) is 1.68. The van der Waals surface area contributed by atoms with E-state index in [0.717, 1.165) is 18.2 Å². The number of nitrogens with zero attached hydrogens (tertiary/aromatic N) is 1. The topological polar surface area (TPSA) is 3.24 Å². The van der Waals surface area contributed by atoms with Gasteiger partial charge in [-0.05, 0) is 30.1 Å². The molecule has 0 aliphatic rings. The van der Waals surface area contributed by atoms with E-state index < -0.39 is 0 Å². The van der Waals surface area contributed by atoms with Gasteiger partial charge in [0.1, 0.15) is 0 Å². The van der Waals surface area contributed by atoms with Crippen molar-refractivity contribution in [3.63, 3.8) is 0 Å². The second-order valence-electron chi connectivity index (χ2n) is 5.86. The molecular formula is C12H27NS. The molecule has 2 heteroatoms. The average Bonchev–Trinajstić information content (AvgIpc) is 1.96. The zero-order valence-electron chi connectivity index (χ0n) is 10.7. The molecule has 0 saturated heterocycles. The lowest BCUT2D eigenvalue weighted by Gasteiger charge is -2.33. The summed E-state index contributed by atoms with van der Waals surface area (Å²) >= 11 is 4.45. The highest BCUT2D eigenvalue weighted by atomic mass is 32.1. The minimum Gasteiger partial charge on any atom is -0.306 e. The summed E-state index contributed by atoms with van der Waals surface area (Å²) in [4.78, 5) is 2.43. The number of thiol groups is 1. The summed E-state index contributed by atoms with van der Waals surface area (Å²) in [6, 6.07) is 0. The zero-order valence-corrected chi connectivity index (χ0v) is 11.6. The molecule has 0 aromatic heterocycles.